The highest BCUT2D eigenvalue weighted by atomic mass is 32.2. The first-order valence-corrected chi connectivity index (χ1v) is 11.1. The Hall–Kier alpha value is -0.170. The summed E-state index contributed by atoms with van der Waals surface area (Å²) < 4.78 is 23.1. The summed E-state index contributed by atoms with van der Waals surface area (Å²) in [4.78, 5) is 4.79. The monoisotopic (exact) mass is 344 g/mol. The molecule has 1 N–H and O–H groups in total. The Kier molecular flexibility index (Phi) is 5.36. The van der Waals surface area contributed by atoms with E-state index in [2.05, 4.69) is 16.7 Å². The molecule has 1 aliphatic carbocycles. The zero-order valence-electron chi connectivity index (χ0n) is 14.4. The van der Waals surface area contributed by atoms with E-state index in [0.29, 0.717) is 30.6 Å². The summed E-state index contributed by atoms with van der Waals surface area (Å²) in [6.07, 6.45) is 6.39. The number of sulfone groups is 1. The van der Waals surface area contributed by atoms with Gasteiger partial charge in [-0.3, -0.25) is 4.90 Å². The molecule has 0 aromatic carbocycles. The smallest absolute Gasteiger partial charge is 0.152 e. The second-order valence-corrected chi connectivity index (χ2v) is 10.4. The Labute approximate surface area is 141 Å². The van der Waals surface area contributed by atoms with E-state index in [1.807, 2.05) is 0 Å². The van der Waals surface area contributed by atoms with E-state index in [9.17, 15) is 13.5 Å². The SMILES string of the molecule is CC1CCC(O)(CN2CCC(N3CCS(=O)(=O)CC3)CC2)CC1. The first-order valence-electron chi connectivity index (χ1n) is 9.24. The van der Waals surface area contributed by atoms with Crippen molar-refractivity contribution in [3.05, 3.63) is 0 Å². The second-order valence-electron chi connectivity index (χ2n) is 8.10. The first kappa shape index (κ1) is 17.6. The number of aliphatic hydroxyl groups is 1. The summed E-state index contributed by atoms with van der Waals surface area (Å²) in [5.41, 5.74) is -0.474. The maximum absolute atomic E-state index is 11.5. The van der Waals surface area contributed by atoms with Crippen LogP contribution in [-0.2, 0) is 9.84 Å². The highest BCUT2D eigenvalue weighted by Crippen LogP contribution is 2.33. The molecule has 2 heterocycles. The number of piperidine rings is 1. The fourth-order valence-corrected chi connectivity index (χ4v) is 5.64. The van der Waals surface area contributed by atoms with Crippen LogP contribution in [-0.4, -0.2) is 79.2 Å². The van der Waals surface area contributed by atoms with Crippen molar-refractivity contribution in [1.29, 1.82) is 0 Å². The van der Waals surface area contributed by atoms with Gasteiger partial charge in [0.25, 0.3) is 0 Å². The number of hydrogen-bond donors (Lipinski definition) is 1. The largest absolute Gasteiger partial charge is 0.389 e. The Morgan fingerprint density at radius 2 is 1.57 bits per heavy atom. The summed E-state index contributed by atoms with van der Waals surface area (Å²) in [5.74, 6) is 1.41. The van der Waals surface area contributed by atoms with Gasteiger partial charge >= 0.3 is 0 Å². The third-order valence-corrected chi connectivity index (χ3v) is 7.78. The van der Waals surface area contributed by atoms with Gasteiger partial charge in [-0.25, -0.2) is 8.42 Å². The third kappa shape index (κ3) is 4.68. The Balaban J connectivity index is 1.44. The number of likely N-dealkylation sites (tertiary alicyclic amines) is 1. The topological polar surface area (TPSA) is 60.9 Å². The summed E-state index contributed by atoms with van der Waals surface area (Å²) in [5, 5.41) is 10.8. The molecule has 0 bridgehead atoms. The van der Waals surface area contributed by atoms with Crippen LogP contribution in [0.25, 0.3) is 0 Å². The van der Waals surface area contributed by atoms with Crippen LogP contribution in [0.4, 0.5) is 0 Å². The van der Waals surface area contributed by atoms with Crippen LogP contribution >= 0.6 is 0 Å². The average Bonchev–Trinajstić information content (AvgIpc) is 2.52. The third-order valence-electron chi connectivity index (χ3n) is 6.18. The molecule has 0 spiro atoms. The van der Waals surface area contributed by atoms with Gasteiger partial charge in [-0.2, -0.15) is 0 Å². The molecule has 0 atom stereocenters. The van der Waals surface area contributed by atoms with E-state index in [-0.39, 0.29) is 0 Å². The minimum Gasteiger partial charge on any atom is -0.389 e. The van der Waals surface area contributed by atoms with E-state index in [0.717, 1.165) is 64.1 Å². The Morgan fingerprint density at radius 1 is 1.00 bits per heavy atom. The molecular formula is C17H32N2O3S. The first-order chi connectivity index (χ1) is 10.9. The molecule has 1 saturated carbocycles. The molecule has 23 heavy (non-hydrogen) atoms. The highest BCUT2D eigenvalue weighted by molar-refractivity contribution is 7.91. The quantitative estimate of drug-likeness (QED) is 0.831. The molecule has 3 aliphatic rings. The van der Waals surface area contributed by atoms with Crippen molar-refractivity contribution in [3.8, 4) is 0 Å². The molecule has 2 aliphatic heterocycles. The molecular weight excluding hydrogens is 312 g/mol. The van der Waals surface area contributed by atoms with Crippen LogP contribution in [0.2, 0.25) is 0 Å². The number of β-amino-alcohol motifs (C(OH)–C–C–N with tert-alkyl or cyclic N) is 1. The summed E-state index contributed by atoms with van der Waals surface area (Å²) in [6.45, 7) is 6.58. The molecule has 6 heteroatoms. The van der Waals surface area contributed by atoms with E-state index >= 15 is 0 Å². The van der Waals surface area contributed by atoms with E-state index in [1.165, 1.54) is 0 Å². The van der Waals surface area contributed by atoms with Crippen LogP contribution in [0.5, 0.6) is 0 Å². The molecule has 0 radical (unpaired) electrons. The highest BCUT2D eigenvalue weighted by Gasteiger charge is 2.35. The summed E-state index contributed by atoms with van der Waals surface area (Å²) >= 11 is 0. The van der Waals surface area contributed by atoms with E-state index in [4.69, 9.17) is 0 Å². The predicted octanol–water partition coefficient (Wildman–Crippen LogP) is 1.12. The molecule has 134 valence electrons. The van der Waals surface area contributed by atoms with Gasteiger partial charge in [-0.1, -0.05) is 6.92 Å². The molecule has 2 saturated heterocycles. The Bertz CT molecular complexity index is 478. The lowest BCUT2D eigenvalue weighted by Gasteiger charge is -2.43. The molecule has 0 unspecified atom stereocenters. The standard InChI is InChI=1S/C17H32N2O3S/c1-15-2-6-17(20,7-3-15)14-18-8-4-16(5-9-18)19-10-12-23(21,22)13-11-19/h15-16,20H,2-14H2,1H3. The predicted molar refractivity (Wildman–Crippen MR) is 92.3 cm³/mol. The van der Waals surface area contributed by atoms with Gasteiger partial charge in [0.2, 0.25) is 0 Å². The van der Waals surface area contributed by atoms with Crippen molar-refractivity contribution in [2.45, 2.75) is 57.1 Å². The number of hydrogen-bond acceptors (Lipinski definition) is 5. The van der Waals surface area contributed by atoms with Crippen LogP contribution in [0.3, 0.4) is 0 Å². The molecule has 3 fully saturated rings. The number of rotatable bonds is 3. The van der Waals surface area contributed by atoms with Crippen molar-refractivity contribution in [2.24, 2.45) is 5.92 Å². The van der Waals surface area contributed by atoms with Crippen molar-refractivity contribution in [2.75, 3.05) is 44.2 Å². The van der Waals surface area contributed by atoms with Crippen molar-refractivity contribution in [1.82, 2.24) is 9.80 Å². The zero-order chi connectivity index (χ0) is 16.5. The van der Waals surface area contributed by atoms with Crippen molar-refractivity contribution < 1.29 is 13.5 Å². The van der Waals surface area contributed by atoms with Gasteiger partial charge in [-0.05, 0) is 57.5 Å². The average molecular weight is 345 g/mol. The normalized spacial score (nSPS) is 37.7. The maximum Gasteiger partial charge on any atom is 0.152 e. The van der Waals surface area contributed by atoms with E-state index in [1.54, 1.807) is 0 Å². The molecule has 3 rings (SSSR count). The van der Waals surface area contributed by atoms with Gasteiger partial charge in [0.15, 0.2) is 9.84 Å². The van der Waals surface area contributed by atoms with Crippen LogP contribution < -0.4 is 0 Å². The Morgan fingerprint density at radius 3 is 2.13 bits per heavy atom. The zero-order valence-corrected chi connectivity index (χ0v) is 15.2. The summed E-state index contributed by atoms with van der Waals surface area (Å²) in [6, 6.07) is 0.530. The van der Waals surface area contributed by atoms with Crippen LogP contribution in [0, 0.1) is 5.92 Å². The lowest BCUT2D eigenvalue weighted by molar-refractivity contribution is -0.0427. The molecule has 0 amide bonds. The fourth-order valence-electron chi connectivity index (χ4n) is 4.41. The van der Waals surface area contributed by atoms with Gasteiger partial charge in [-0.15, -0.1) is 0 Å². The summed E-state index contributed by atoms with van der Waals surface area (Å²) in [7, 11) is -2.78. The minimum absolute atomic E-state index is 0.325. The van der Waals surface area contributed by atoms with Crippen LogP contribution in [0.1, 0.15) is 45.4 Å². The van der Waals surface area contributed by atoms with Crippen LogP contribution in [0.15, 0.2) is 0 Å². The van der Waals surface area contributed by atoms with Gasteiger partial charge < -0.3 is 10.0 Å². The lowest BCUT2D eigenvalue weighted by Crippen LogP contribution is -2.53. The number of nitrogens with zero attached hydrogens (tertiary/aromatic N) is 2. The molecule has 0 aromatic rings. The van der Waals surface area contributed by atoms with Gasteiger partial charge in [0, 0.05) is 25.7 Å². The van der Waals surface area contributed by atoms with Gasteiger partial charge in [0.05, 0.1) is 17.1 Å². The fraction of sp³-hybridized carbons (Fsp3) is 1.00. The second kappa shape index (κ2) is 6.98. The maximum atomic E-state index is 11.5. The van der Waals surface area contributed by atoms with Crippen molar-refractivity contribution in [3.63, 3.8) is 0 Å². The van der Waals surface area contributed by atoms with Gasteiger partial charge in [0.1, 0.15) is 0 Å². The lowest BCUT2D eigenvalue weighted by atomic mass is 9.79. The van der Waals surface area contributed by atoms with Crippen molar-refractivity contribution >= 4 is 9.84 Å². The molecule has 5 nitrogen and oxygen atoms in total. The van der Waals surface area contributed by atoms with E-state index < -0.39 is 15.4 Å². The molecule has 0 aromatic heterocycles. The minimum atomic E-state index is -2.78.